The molecule has 0 unspecified atom stereocenters. The molecule has 3 N–H and O–H groups in total. The Morgan fingerprint density at radius 2 is 1.79 bits per heavy atom. The highest BCUT2D eigenvalue weighted by Gasteiger charge is 2.43. The van der Waals surface area contributed by atoms with Crippen molar-refractivity contribution < 1.29 is 35.5 Å². The topological polar surface area (TPSA) is 52.3 Å². The van der Waals surface area contributed by atoms with Gasteiger partial charge in [-0.05, 0) is 44.0 Å². The van der Waals surface area contributed by atoms with Crippen LogP contribution < -0.4 is 15.4 Å². The van der Waals surface area contributed by atoms with Crippen molar-refractivity contribution in [1.29, 1.82) is 0 Å². The fourth-order valence-electron chi connectivity index (χ4n) is 4.99. The van der Waals surface area contributed by atoms with Crippen LogP contribution >= 0.6 is 0 Å². The Bertz CT molecular complexity index is 1220. The first-order chi connectivity index (χ1) is 18.0. The van der Waals surface area contributed by atoms with E-state index in [1.165, 1.54) is 12.1 Å². The van der Waals surface area contributed by atoms with Gasteiger partial charge in [0.15, 0.2) is 0 Å². The van der Waals surface area contributed by atoms with Crippen molar-refractivity contribution in [3.05, 3.63) is 59.3 Å². The summed E-state index contributed by atoms with van der Waals surface area (Å²) in [5.74, 6) is -0.580. The molecule has 0 amide bonds. The number of aromatic amines is 1. The first-order valence-corrected chi connectivity index (χ1v) is 12.3. The number of hydrogen-bond acceptors (Lipinski definition) is 4. The standard InChI is InChI=1S/C26H29F7N4O/c1-16-13-20-18-5-2-3-6-21(18)36-23(20)24(37(16)15-25(28,29)30)19-8-7-17(14-22(19)38-26(31,32)33)35-12-11-34-10-4-9-27/h2-3,5-8,14,16,24,34-36H,4,9-13,15H2,1H3/t16-,24-/m1/s1. The number of rotatable bonds is 10. The predicted octanol–water partition coefficient (Wildman–Crippen LogP) is 6.33. The molecule has 0 saturated heterocycles. The number of para-hydroxylation sites is 1. The Balaban J connectivity index is 1.75. The van der Waals surface area contributed by atoms with Crippen LogP contribution in [-0.4, -0.2) is 61.3 Å². The molecule has 0 bridgehead atoms. The zero-order valence-corrected chi connectivity index (χ0v) is 20.6. The molecular weight excluding hydrogens is 517 g/mol. The van der Waals surface area contributed by atoms with Gasteiger partial charge in [-0.2, -0.15) is 13.2 Å². The van der Waals surface area contributed by atoms with Crippen molar-refractivity contribution in [3.8, 4) is 5.75 Å². The lowest BCUT2D eigenvalue weighted by Gasteiger charge is -2.41. The van der Waals surface area contributed by atoms with E-state index in [9.17, 15) is 30.7 Å². The second kappa shape index (κ2) is 11.4. The highest BCUT2D eigenvalue weighted by atomic mass is 19.4. The summed E-state index contributed by atoms with van der Waals surface area (Å²) < 4.78 is 98.0. The van der Waals surface area contributed by atoms with Crippen LogP contribution in [-0.2, 0) is 6.42 Å². The quantitative estimate of drug-likeness (QED) is 0.206. The van der Waals surface area contributed by atoms with Crippen LogP contribution in [0.5, 0.6) is 5.75 Å². The van der Waals surface area contributed by atoms with E-state index in [0.29, 0.717) is 49.4 Å². The third kappa shape index (κ3) is 6.71. The van der Waals surface area contributed by atoms with Crippen molar-refractivity contribution in [2.45, 2.75) is 44.4 Å². The van der Waals surface area contributed by atoms with E-state index in [-0.39, 0.29) is 5.56 Å². The minimum absolute atomic E-state index is 0.0300. The predicted molar refractivity (Wildman–Crippen MR) is 131 cm³/mol. The van der Waals surface area contributed by atoms with E-state index < -0.39 is 43.6 Å². The third-order valence-corrected chi connectivity index (χ3v) is 6.53. The molecule has 0 fully saturated rings. The smallest absolute Gasteiger partial charge is 0.405 e. The number of H-pyrrole nitrogens is 1. The van der Waals surface area contributed by atoms with E-state index in [0.717, 1.165) is 21.9 Å². The van der Waals surface area contributed by atoms with Crippen LogP contribution in [0.2, 0.25) is 0 Å². The van der Waals surface area contributed by atoms with Gasteiger partial charge in [-0.25, -0.2) is 0 Å². The normalized spacial score (nSPS) is 18.5. The van der Waals surface area contributed by atoms with Crippen LogP contribution in [0, 0.1) is 0 Å². The number of nitrogens with zero attached hydrogens (tertiary/aromatic N) is 1. The summed E-state index contributed by atoms with van der Waals surface area (Å²) in [7, 11) is 0. The molecule has 1 aliphatic rings. The Morgan fingerprint density at radius 3 is 2.50 bits per heavy atom. The second-order valence-electron chi connectivity index (χ2n) is 9.33. The maximum atomic E-state index is 13.7. The second-order valence-corrected chi connectivity index (χ2v) is 9.33. The Hall–Kier alpha value is -2.99. The highest BCUT2D eigenvalue weighted by molar-refractivity contribution is 5.85. The van der Waals surface area contributed by atoms with Gasteiger partial charge in [0.05, 0.1) is 19.3 Å². The molecular formula is C26H29F7N4O. The minimum atomic E-state index is -5.06. The highest BCUT2D eigenvalue weighted by Crippen LogP contribution is 2.45. The average molecular weight is 547 g/mol. The molecule has 0 radical (unpaired) electrons. The summed E-state index contributed by atoms with van der Waals surface area (Å²) in [6, 6.07) is 9.50. The molecule has 12 heteroatoms. The van der Waals surface area contributed by atoms with Crippen molar-refractivity contribution in [1.82, 2.24) is 15.2 Å². The number of ether oxygens (including phenoxy) is 1. The van der Waals surface area contributed by atoms with Crippen molar-refractivity contribution >= 4 is 16.6 Å². The van der Waals surface area contributed by atoms with E-state index in [1.807, 2.05) is 12.1 Å². The molecule has 2 heterocycles. The van der Waals surface area contributed by atoms with Crippen LogP contribution in [0.3, 0.4) is 0 Å². The molecule has 2 atom stereocenters. The fraction of sp³-hybridized carbons (Fsp3) is 0.462. The Labute approximate surface area is 215 Å². The molecule has 5 nitrogen and oxygen atoms in total. The number of anilines is 1. The van der Waals surface area contributed by atoms with Crippen molar-refractivity contribution in [3.63, 3.8) is 0 Å². The number of benzene rings is 2. The van der Waals surface area contributed by atoms with Gasteiger partial charge in [-0.1, -0.05) is 24.3 Å². The van der Waals surface area contributed by atoms with Crippen molar-refractivity contribution in [2.24, 2.45) is 0 Å². The molecule has 2 aromatic carbocycles. The molecule has 0 aliphatic carbocycles. The fourth-order valence-corrected chi connectivity index (χ4v) is 4.99. The number of halogens is 7. The largest absolute Gasteiger partial charge is 0.573 e. The summed E-state index contributed by atoms with van der Waals surface area (Å²) >= 11 is 0. The zero-order valence-electron chi connectivity index (χ0n) is 20.6. The average Bonchev–Trinajstić information content (AvgIpc) is 3.18. The molecule has 3 aromatic rings. The van der Waals surface area contributed by atoms with Crippen LogP contribution in [0.15, 0.2) is 42.5 Å². The molecule has 38 heavy (non-hydrogen) atoms. The number of hydrogen-bond donors (Lipinski definition) is 3. The summed E-state index contributed by atoms with van der Waals surface area (Å²) in [6.45, 7) is 1.12. The van der Waals surface area contributed by atoms with Crippen LogP contribution in [0.4, 0.5) is 36.4 Å². The van der Waals surface area contributed by atoms with Gasteiger partial charge in [-0.15, -0.1) is 13.2 Å². The monoisotopic (exact) mass is 546 g/mol. The molecule has 1 aliphatic heterocycles. The first kappa shape index (κ1) is 28.0. The van der Waals surface area contributed by atoms with Gasteiger partial charge < -0.3 is 20.4 Å². The van der Waals surface area contributed by atoms with Gasteiger partial charge in [0, 0.05) is 53.0 Å². The van der Waals surface area contributed by atoms with Gasteiger partial charge in [0.25, 0.3) is 0 Å². The zero-order chi connectivity index (χ0) is 27.5. The number of aromatic nitrogens is 1. The molecule has 4 rings (SSSR count). The maximum absolute atomic E-state index is 13.7. The maximum Gasteiger partial charge on any atom is 0.573 e. The SMILES string of the molecule is C[C@@H]1Cc2c([nH]c3ccccc23)[C@@H](c2ccc(NCCNCCCF)cc2OC(F)(F)F)N1CC(F)(F)F. The summed E-state index contributed by atoms with van der Waals surface area (Å²) in [6.07, 6.45) is -8.98. The summed E-state index contributed by atoms with van der Waals surface area (Å²) in [5, 5.41) is 6.79. The number of nitrogens with one attached hydrogen (secondary N) is 3. The molecule has 0 spiro atoms. The summed E-state index contributed by atoms with van der Waals surface area (Å²) in [4.78, 5) is 4.33. The van der Waals surface area contributed by atoms with Crippen LogP contribution in [0.1, 0.15) is 36.2 Å². The van der Waals surface area contributed by atoms with Gasteiger partial charge in [0.2, 0.25) is 0 Å². The molecule has 208 valence electrons. The van der Waals surface area contributed by atoms with Crippen LogP contribution in [0.25, 0.3) is 10.9 Å². The van der Waals surface area contributed by atoms with Gasteiger partial charge in [-0.3, -0.25) is 9.29 Å². The van der Waals surface area contributed by atoms with E-state index in [2.05, 4.69) is 20.4 Å². The lowest BCUT2D eigenvalue weighted by Crippen LogP contribution is -2.47. The van der Waals surface area contributed by atoms with E-state index >= 15 is 0 Å². The lowest BCUT2D eigenvalue weighted by atomic mass is 9.88. The first-order valence-electron chi connectivity index (χ1n) is 12.3. The Kier molecular flexibility index (Phi) is 8.41. The van der Waals surface area contributed by atoms with Crippen molar-refractivity contribution in [2.75, 3.05) is 38.2 Å². The number of fused-ring (bicyclic) bond motifs is 3. The lowest BCUT2D eigenvalue weighted by molar-refractivity contribution is -0.275. The third-order valence-electron chi connectivity index (χ3n) is 6.53. The molecule has 0 saturated carbocycles. The summed E-state index contributed by atoms with van der Waals surface area (Å²) in [5.41, 5.74) is 2.16. The minimum Gasteiger partial charge on any atom is -0.405 e. The van der Waals surface area contributed by atoms with Gasteiger partial charge >= 0.3 is 12.5 Å². The Morgan fingerprint density at radius 1 is 1.03 bits per heavy atom. The van der Waals surface area contributed by atoms with Gasteiger partial charge in [0.1, 0.15) is 5.75 Å². The van der Waals surface area contributed by atoms with E-state index in [1.54, 1.807) is 19.1 Å². The number of alkyl halides is 7. The van der Waals surface area contributed by atoms with E-state index in [4.69, 9.17) is 0 Å². The molecule has 1 aromatic heterocycles.